The van der Waals surface area contributed by atoms with E-state index in [2.05, 4.69) is 0 Å². The first-order chi connectivity index (χ1) is 14.8. The fourth-order valence-corrected chi connectivity index (χ4v) is 3.99. The quantitative estimate of drug-likeness (QED) is 0.503. The van der Waals surface area contributed by atoms with Gasteiger partial charge in [0.2, 0.25) is 0 Å². The average Bonchev–Trinajstić information content (AvgIpc) is 2.98. The van der Waals surface area contributed by atoms with Gasteiger partial charge in [0, 0.05) is 34.4 Å². The Balaban J connectivity index is 1.64. The topological polar surface area (TPSA) is 57.7 Å². The van der Waals surface area contributed by atoms with E-state index in [0.717, 1.165) is 4.90 Å². The molecule has 156 valence electrons. The number of carbonyl (C=O) groups is 3. The molecule has 0 fully saturated rings. The average molecular weight is 457 g/mol. The summed E-state index contributed by atoms with van der Waals surface area (Å²) in [7, 11) is 0. The molecule has 0 spiro atoms. The maximum atomic E-state index is 13.9. The molecule has 0 radical (unpaired) electrons. The highest BCUT2D eigenvalue weighted by Crippen LogP contribution is 2.25. The Bertz CT molecular complexity index is 1160. The fraction of sp³-hybridized carbons (Fsp3) is 0.0870. The van der Waals surface area contributed by atoms with Crippen LogP contribution in [-0.4, -0.2) is 35.7 Å². The first-order valence-electron chi connectivity index (χ1n) is 9.34. The van der Waals surface area contributed by atoms with E-state index in [9.17, 15) is 18.8 Å². The molecule has 0 unspecified atom stereocenters. The van der Waals surface area contributed by atoms with Crippen LogP contribution in [0.15, 0.2) is 66.7 Å². The molecule has 4 rings (SSSR count). The van der Waals surface area contributed by atoms with Crippen LogP contribution in [0.1, 0.15) is 31.1 Å². The summed E-state index contributed by atoms with van der Waals surface area (Å²) in [5, 5.41) is 0.547. The van der Waals surface area contributed by atoms with Crippen LogP contribution >= 0.6 is 23.2 Å². The molecule has 3 aromatic carbocycles. The first kappa shape index (κ1) is 21.0. The van der Waals surface area contributed by atoms with Gasteiger partial charge in [0.1, 0.15) is 5.82 Å². The monoisotopic (exact) mass is 456 g/mol. The van der Waals surface area contributed by atoms with Crippen LogP contribution in [-0.2, 0) is 0 Å². The summed E-state index contributed by atoms with van der Waals surface area (Å²) in [6.07, 6.45) is 0. The van der Waals surface area contributed by atoms with Gasteiger partial charge in [-0.3, -0.25) is 19.3 Å². The van der Waals surface area contributed by atoms with Crippen molar-refractivity contribution in [2.45, 2.75) is 0 Å². The Labute approximate surface area is 187 Å². The third-order valence-electron chi connectivity index (χ3n) is 4.90. The maximum absolute atomic E-state index is 13.9. The molecule has 3 amide bonds. The van der Waals surface area contributed by atoms with Crippen molar-refractivity contribution in [3.63, 3.8) is 0 Å². The van der Waals surface area contributed by atoms with Crippen molar-refractivity contribution in [3.8, 4) is 0 Å². The van der Waals surface area contributed by atoms with Gasteiger partial charge in [0.15, 0.2) is 0 Å². The predicted octanol–water partition coefficient (Wildman–Crippen LogP) is 5.08. The number of anilines is 1. The van der Waals surface area contributed by atoms with Gasteiger partial charge in [0.05, 0.1) is 11.1 Å². The second-order valence-electron chi connectivity index (χ2n) is 6.90. The highest BCUT2D eigenvalue weighted by Gasteiger charge is 2.35. The minimum Gasteiger partial charge on any atom is -0.306 e. The molecule has 0 bridgehead atoms. The van der Waals surface area contributed by atoms with Crippen LogP contribution in [0.25, 0.3) is 0 Å². The van der Waals surface area contributed by atoms with Gasteiger partial charge in [0.25, 0.3) is 17.7 Å². The molecule has 0 aliphatic carbocycles. The predicted molar refractivity (Wildman–Crippen MR) is 116 cm³/mol. The lowest BCUT2D eigenvalue weighted by atomic mass is 10.1. The zero-order valence-electron chi connectivity index (χ0n) is 16.0. The highest BCUT2D eigenvalue weighted by molar-refractivity contribution is 6.35. The van der Waals surface area contributed by atoms with Gasteiger partial charge in [-0.1, -0.05) is 41.4 Å². The lowest BCUT2D eigenvalue weighted by Gasteiger charge is -2.25. The Morgan fingerprint density at radius 1 is 0.871 bits per heavy atom. The Hall–Kier alpha value is -3.22. The molecule has 1 aliphatic rings. The van der Waals surface area contributed by atoms with E-state index >= 15 is 0 Å². The molecule has 0 atom stereocenters. The SMILES string of the molecule is O=C1c2ccccc2C(=O)N1CCN(C(=O)c1cc(Cl)cc(Cl)c1)c1cccc(F)c1. The maximum Gasteiger partial charge on any atom is 0.261 e. The van der Waals surface area contributed by atoms with Crippen LogP contribution in [0.4, 0.5) is 10.1 Å². The second kappa shape index (κ2) is 8.49. The number of carbonyl (C=O) groups excluding carboxylic acids is 3. The number of amides is 3. The minimum absolute atomic E-state index is 0.0438. The standard InChI is InChI=1S/C23H15Cl2FN2O3/c24-15-10-14(11-16(25)12-15)21(29)27(18-5-3-4-17(26)13-18)8-9-28-22(30)19-6-1-2-7-20(19)23(28)31/h1-7,10-13H,8-9H2. The summed E-state index contributed by atoms with van der Waals surface area (Å²) in [5.41, 5.74) is 1.11. The molecule has 8 heteroatoms. The molecule has 31 heavy (non-hydrogen) atoms. The van der Waals surface area contributed by atoms with Crippen molar-refractivity contribution < 1.29 is 18.8 Å². The number of benzene rings is 3. The van der Waals surface area contributed by atoms with Crippen molar-refractivity contribution in [2.24, 2.45) is 0 Å². The third-order valence-corrected chi connectivity index (χ3v) is 5.34. The summed E-state index contributed by atoms with van der Waals surface area (Å²) >= 11 is 12.1. The van der Waals surface area contributed by atoms with Gasteiger partial charge in [-0.15, -0.1) is 0 Å². The number of halogens is 3. The van der Waals surface area contributed by atoms with Gasteiger partial charge in [-0.05, 0) is 48.5 Å². The van der Waals surface area contributed by atoms with Crippen LogP contribution in [0.3, 0.4) is 0 Å². The van der Waals surface area contributed by atoms with Gasteiger partial charge in [-0.25, -0.2) is 4.39 Å². The zero-order chi connectivity index (χ0) is 22.1. The summed E-state index contributed by atoms with van der Waals surface area (Å²) in [6.45, 7) is -0.110. The Kier molecular flexibility index (Phi) is 5.76. The minimum atomic E-state index is -0.528. The number of nitrogens with zero attached hydrogens (tertiary/aromatic N) is 2. The van der Waals surface area contributed by atoms with E-state index in [4.69, 9.17) is 23.2 Å². The summed E-state index contributed by atoms with van der Waals surface area (Å²) in [4.78, 5) is 40.9. The van der Waals surface area contributed by atoms with Crippen molar-refractivity contribution in [2.75, 3.05) is 18.0 Å². The number of fused-ring (bicyclic) bond motifs is 1. The molecule has 0 saturated heterocycles. The van der Waals surface area contributed by atoms with Crippen molar-refractivity contribution in [1.29, 1.82) is 0 Å². The van der Waals surface area contributed by atoms with Crippen LogP contribution in [0.2, 0.25) is 10.0 Å². The molecule has 1 heterocycles. The van der Waals surface area contributed by atoms with E-state index in [0.29, 0.717) is 11.1 Å². The zero-order valence-corrected chi connectivity index (χ0v) is 17.5. The molecular weight excluding hydrogens is 442 g/mol. The number of hydrogen-bond donors (Lipinski definition) is 0. The molecule has 0 saturated carbocycles. The third kappa shape index (κ3) is 4.17. The van der Waals surface area contributed by atoms with Crippen molar-refractivity contribution >= 4 is 46.6 Å². The lowest BCUT2D eigenvalue weighted by Crippen LogP contribution is -2.41. The number of imide groups is 1. The highest BCUT2D eigenvalue weighted by atomic mass is 35.5. The molecular formula is C23H15Cl2FN2O3. The molecule has 5 nitrogen and oxygen atoms in total. The number of rotatable bonds is 5. The Morgan fingerprint density at radius 2 is 1.48 bits per heavy atom. The van der Waals surface area contributed by atoms with E-state index in [-0.39, 0.29) is 34.4 Å². The van der Waals surface area contributed by atoms with Crippen LogP contribution in [0, 0.1) is 5.82 Å². The van der Waals surface area contributed by atoms with Gasteiger partial charge in [-0.2, -0.15) is 0 Å². The van der Waals surface area contributed by atoms with E-state index in [1.807, 2.05) is 0 Å². The lowest BCUT2D eigenvalue weighted by molar-refractivity contribution is 0.0654. The van der Waals surface area contributed by atoms with Gasteiger partial charge < -0.3 is 4.90 Å². The van der Waals surface area contributed by atoms with Crippen LogP contribution < -0.4 is 4.90 Å². The molecule has 0 N–H and O–H groups in total. The largest absolute Gasteiger partial charge is 0.306 e. The first-order valence-corrected chi connectivity index (χ1v) is 10.1. The summed E-state index contributed by atoms with van der Waals surface area (Å²) in [5.74, 6) is -1.89. The van der Waals surface area contributed by atoms with Crippen molar-refractivity contribution in [3.05, 3.63) is 99.3 Å². The Morgan fingerprint density at radius 3 is 2.06 bits per heavy atom. The fourth-order valence-electron chi connectivity index (χ4n) is 3.47. The van der Waals surface area contributed by atoms with Crippen molar-refractivity contribution in [1.82, 2.24) is 4.90 Å². The second-order valence-corrected chi connectivity index (χ2v) is 7.78. The molecule has 0 aromatic heterocycles. The summed E-state index contributed by atoms with van der Waals surface area (Å²) < 4.78 is 13.9. The summed E-state index contributed by atoms with van der Waals surface area (Å²) in [6, 6.07) is 16.4. The van der Waals surface area contributed by atoms with E-state index < -0.39 is 23.5 Å². The molecule has 3 aromatic rings. The van der Waals surface area contributed by atoms with Crippen LogP contribution in [0.5, 0.6) is 0 Å². The smallest absolute Gasteiger partial charge is 0.261 e. The van der Waals surface area contributed by atoms with E-state index in [1.165, 1.54) is 41.3 Å². The normalized spacial score (nSPS) is 12.8. The molecule has 1 aliphatic heterocycles. The van der Waals surface area contributed by atoms with E-state index in [1.54, 1.807) is 30.3 Å². The van der Waals surface area contributed by atoms with Gasteiger partial charge >= 0.3 is 0 Å². The number of hydrogen-bond acceptors (Lipinski definition) is 3.